The fourth-order valence-corrected chi connectivity index (χ4v) is 2.40. The number of hydrogen-bond donors (Lipinski definition) is 2. The Labute approximate surface area is 121 Å². The quantitative estimate of drug-likeness (QED) is 0.810. The Kier molecular flexibility index (Phi) is 5.05. The van der Waals surface area contributed by atoms with Gasteiger partial charge < -0.3 is 15.4 Å². The highest BCUT2D eigenvalue weighted by Crippen LogP contribution is 2.23. The van der Waals surface area contributed by atoms with Gasteiger partial charge in [0.1, 0.15) is 5.01 Å². The minimum atomic E-state index is 0.0802. The lowest BCUT2D eigenvalue weighted by Gasteiger charge is -2.15. The molecule has 0 radical (unpaired) electrons. The highest BCUT2D eigenvalue weighted by Gasteiger charge is 2.15. The Hall–Kier alpha value is -1.96. The highest BCUT2D eigenvalue weighted by molar-refractivity contribution is 7.09. The molecule has 0 aliphatic rings. The SMILES string of the molecule is CCOc1nc(NC)nc(NC(CC)c2nccs2)n1. The van der Waals surface area contributed by atoms with Crippen molar-refractivity contribution in [1.82, 2.24) is 19.9 Å². The average Bonchev–Trinajstić information content (AvgIpc) is 2.99. The molecular weight excluding hydrogens is 276 g/mol. The van der Waals surface area contributed by atoms with Crippen LogP contribution in [0, 0.1) is 0 Å². The van der Waals surface area contributed by atoms with Crippen molar-refractivity contribution in [2.24, 2.45) is 0 Å². The molecule has 7 nitrogen and oxygen atoms in total. The maximum Gasteiger partial charge on any atom is 0.323 e. The standard InChI is InChI=1S/C12H18N6OS/c1-4-8(9-14-6-7-20-9)15-11-16-10(13-3)17-12(18-11)19-5-2/h6-8H,4-5H2,1-3H3,(H2,13,15,16,17,18). The van der Waals surface area contributed by atoms with E-state index in [1.54, 1.807) is 24.6 Å². The predicted octanol–water partition coefficient (Wildman–Crippen LogP) is 2.33. The molecule has 0 amide bonds. The van der Waals surface area contributed by atoms with Gasteiger partial charge in [0.15, 0.2) is 0 Å². The van der Waals surface area contributed by atoms with Crippen LogP contribution >= 0.6 is 11.3 Å². The van der Waals surface area contributed by atoms with Gasteiger partial charge in [-0.3, -0.25) is 0 Å². The molecule has 2 rings (SSSR count). The van der Waals surface area contributed by atoms with Crippen LogP contribution < -0.4 is 15.4 Å². The Morgan fingerprint density at radius 2 is 2.05 bits per heavy atom. The normalized spacial score (nSPS) is 11.9. The van der Waals surface area contributed by atoms with Crippen molar-refractivity contribution in [2.75, 3.05) is 24.3 Å². The molecule has 2 N–H and O–H groups in total. The van der Waals surface area contributed by atoms with Gasteiger partial charge in [0.2, 0.25) is 11.9 Å². The van der Waals surface area contributed by atoms with E-state index in [-0.39, 0.29) is 6.04 Å². The van der Waals surface area contributed by atoms with Crippen LogP contribution in [0.4, 0.5) is 11.9 Å². The molecule has 1 atom stereocenters. The molecule has 0 fully saturated rings. The number of anilines is 2. The monoisotopic (exact) mass is 294 g/mol. The molecule has 8 heteroatoms. The summed E-state index contributed by atoms with van der Waals surface area (Å²) in [6.45, 7) is 4.49. The van der Waals surface area contributed by atoms with Crippen molar-refractivity contribution in [3.8, 4) is 6.01 Å². The maximum atomic E-state index is 5.34. The second-order valence-electron chi connectivity index (χ2n) is 3.92. The molecule has 0 spiro atoms. The van der Waals surface area contributed by atoms with Crippen molar-refractivity contribution >= 4 is 23.2 Å². The van der Waals surface area contributed by atoms with Crippen molar-refractivity contribution in [2.45, 2.75) is 26.3 Å². The van der Waals surface area contributed by atoms with Gasteiger partial charge in [-0.25, -0.2) is 4.98 Å². The zero-order chi connectivity index (χ0) is 14.4. The molecule has 0 aromatic carbocycles. The molecule has 0 bridgehead atoms. The number of nitrogens with zero attached hydrogens (tertiary/aromatic N) is 4. The Bertz CT molecular complexity index is 533. The molecule has 2 heterocycles. The summed E-state index contributed by atoms with van der Waals surface area (Å²) in [5.74, 6) is 0.954. The summed E-state index contributed by atoms with van der Waals surface area (Å²) < 4.78 is 5.34. The summed E-state index contributed by atoms with van der Waals surface area (Å²) in [6.07, 6.45) is 2.68. The second-order valence-corrected chi connectivity index (χ2v) is 4.85. The first-order chi connectivity index (χ1) is 9.76. The molecule has 108 valence electrons. The molecular formula is C12H18N6OS. The number of ether oxygens (including phenoxy) is 1. The lowest BCUT2D eigenvalue weighted by molar-refractivity contribution is 0.312. The third-order valence-electron chi connectivity index (χ3n) is 2.57. The van der Waals surface area contributed by atoms with Crippen LogP contribution in [0.2, 0.25) is 0 Å². The number of aromatic nitrogens is 4. The van der Waals surface area contributed by atoms with Crippen LogP contribution in [-0.2, 0) is 0 Å². The Balaban J connectivity index is 2.20. The lowest BCUT2D eigenvalue weighted by atomic mass is 10.2. The predicted molar refractivity (Wildman–Crippen MR) is 79.3 cm³/mol. The molecule has 20 heavy (non-hydrogen) atoms. The van der Waals surface area contributed by atoms with E-state index in [0.717, 1.165) is 11.4 Å². The number of thiazole rings is 1. The van der Waals surface area contributed by atoms with E-state index in [1.165, 1.54) is 0 Å². The molecule has 0 saturated heterocycles. The van der Waals surface area contributed by atoms with Gasteiger partial charge in [-0.05, 0) is 13.3 Å². The van der Waals surface area contributed by atoms with Gasteiger partial charge in [0.05, 0.1) is 12.6 Å². The first kappa shape index (κ1) is 14.4. The minimum Gasteiger partial charge on any atom is -0.464 e. The van der Waals surface area contributed by atoms with E-state index in [1.807, 2.05) is 12.3 Å². The van der Waals surface area contributed by atoms with E-state index in [0.29, 0.717) is 24.5 Å². The summed E-state index contributed by atoms with van der Waals surface area (Å²) in [5.41, 5.74) is 0. The van der Waals surface area contributed by atoms with Crippen molar-refractivity contribution in [1.29, 1.82) is 0 Å². The summed E-state index contributed by atoms with van der Waals surface area (Å²) >= 11 is 1.61. The molecule has 2 aromatic rings. The van der Waals surface area contributed by atoms with Gasteiger partial charge in [-0.1, -0.05) is 6.92 Å². The van der Waals surface area contributed by atoms with Gasteiger partial charge >= 0.3 is 6.01 Å². The number of nitrogens with one attached hydrogen (secondary N) is 2. The van der Waals surface area contributed by atoms with E-state index in [4.69, 9.17) is 4.74 Å². The van der Waals surface area contributed by atoms with Crippen LogP contribution in [0.15, 0.2) is 11.6 Å². The highest BCUT2D eigenvalue weighted by atomic mass is 32.1. The third-order valence-corrected chi connectivity index (χ3v) is 3.46. The fourth-order valence-electron chi connectivity index (χ4n) is 1.63. The molecule has 1 unspecified atom stereocenters. The molecule has 2 aromatic heterocycles. The first-order valence-corrected chi connectivity index (χ1v) is 7.37. The van der Waals surface area contributed by atoms with Crippen LogP contribution in [0.25, 0.3) is 0 Å². The summed E-state index contributed by atoms with van der Waals surface area (Å²) in [4.78, 5) is 17.0. The zero-order valence-electron chi connectivity index (χ0n) is 11.8. The van der Waals surface area contributed by atoms with E-state index in [9.17, 15) is 0 Å². The second kappa shape index (κ2) is 6.99. The van der Waals surface area contributed by atoms with Crippen molar-refractivity contribution in [3.63, 3.8) is 0 Å². The summed E-state index contributed by atoms with van der Waals surface area (Å²) in [6, 6.07) is 0.389. The van der Waals surface area contributed by atoms with Crippen molar-refractivity contribution in [3.05, 3.63) is 16.6 Å². The first-order valence-electron chi connectivity index (χ1n) is 6.49. The molecule has 0 aliphatic carbocycles. The minimum absolute atomic E-state index is 0.0802. The van der Waals surface area contributed by atoms with Gasteiger partial charge in [0.25, 0.3) is 0 Å². The van der Waals surface area contributed by atoms with Gasteiger partial charge in [0, 0.05) is 18.6 Å². The Morgan fingerprint density at radius 3 is 2.65 bits per heavy atom. The fraction of sp³-hybridized carbons (Fsp3) is 0.500. The zero-order valence-corrected chi connectivity index (χ0v) is 12.6. The van der Waals surface area contributed by atoms with Crippen LogP contribution in [0.5, 0.6) is 6.01 Å². The summed E-state index contributed by atoms with van der Waals surface area (Å²) in [7, 11) is 1.76. The molecule has 0 aliphatic heterocycles. The smallest absolute Gasteiger partial charge is 0.323 e. The van der Waals surface area contributed by atoms with Crippen LogP contribution in [0.3, 0.4) is 0 Å². The average molecular weight is 294 g/mol. The van der Waals surface area contributed by atoms with E-state index < -0.39 is 0 Å². The van der Waals surface area contributed by atoms with E-state index in [2.05, 4.69) is 37.5 Å². The van der Waals surface area contributed by atoms with Crippen molar-refractivity contribution < 1.29 is 4.74 Å². The third kappa shape index (κ3) is 3.53. The van der Waals surface area contributed by atoms with Gasteiger partial charge in [-0.2, -0.15) is 15.0 Å². The number of hydrogen-bond acceptors (Lipinski definition) is 8. The van der Waals surface area contributed by atoms with Gasteiger partial charge in [-0.15, -0.1) is 11.3 Å². The lowest BCUT2D eigenvalue weighted by Crippen LogP contribution is -2.14. The van der Waals surface area contributed by atoms with Crippen LogP contribution in [0.1, 0.15) is 31.3 Å². The summed E-state index contributed by atoms with van der Waals surface area (Å²) in [5, 5.41) is 9.13. The number of rotatable bonds is 7. The maximum absolute atomic E-state index is 5.34. The topological polar surface area (TPSA) is 84.9 Å². The van der Waals surface area contributed by atoms with E-state index >= 15 is 0 Å². The largest absolute Gasteiger partial charge is 0.464 e. The molecule has 0 saturated carbocycles. The van der Waals surface area contributed by atoms with Crippen LogP contribution in [-0.4, -0.2) is 33.6 Å². The Morgan fingerprint density at radius 1 is 1.25 bits per heavy atom.